The maximum absolute atomic E-state index is 12.8. The van der Waals surface area contributed by atoms with Crippen molar-refractivity contribution in [2.75, 3.05) is 44.6 Å². The maximum Gasteiger partial charge on any atom is 0.354 e. The zero-order chi connectivity index (χ0) is 26.5. The Kier molecular flexibility index (Phi) is 6.55. The van der Waals surface area contributed by atoms with Crippen LogP contribution in [0, 0.1) is 18.8 Å². The molecule has 0 bridgehead atoms. The van der Waals surface area contributed by atoms with Gasteiger partial charge in [0.2, 0.25) is 5.91 Å². The highest BCUT2D eigenvalue weighted by molar-refractivity contribution is 5.89. The molecule has 1 aromatic heterocycles. The van der Waals surface area contributed by atoms with Gasteiger partial charge in [0.15, 0.2) is 0 Å². The van der Waals surface area contributed by atoms with E-state index in [0.29, 0.717) is 44.1 Å². The standard InChI is InChI=1S/C26H36N8O3/c1-16-12-18(5-4-17(16)13-31-14-19-20(15-31)22(19)27)34-7-6-21(30-25(34)37)29-24(36)33-10-8-32(9-11-33)23(35)26(2,3)28/h4-7,12,19-20,22H,8-11,13-15,27-28H2,1-3H3,(H,29,30,36,37)/t19-,20+,22?. The Balaban J connectivity index is 1.18. The van der Waals surface area contributed by atoms with Crippen LogP contribution in [0.4, 0.5) is 10.6 Å². The van der Waals surface area contributed by atoms with Crippen LogP contribution in [0.15, 0.2) is 35.3 Å². The second-order valence-corrected chi connectivity index (χ2v) is 11.1. The summed E-state index contributed by atoms with van der Waals surface area (Å²) >= 11 is 0. The highest BCUT2D eigenvalue weighted by atomic mass is 16.2. The molecule has 3 fully saturated rings. The molecule has 0 radical (unpaired) electrons. The molecule has 2 aromatic rings. The Morgan fingerprint density at radius 3 is 2.32 bits per heavy atom. The smallest absolute Gasteiger partial charge is 0.338 e. The highest BCUT2D eigenvalue weighted by Gasteiger charge is 2.53. The van der Waals surface area contributed by atoms with Crippen molar-refractivity contribution in [3.05, 3.63) is 52.1 Å². The number of hydrogen-bond acceptors (Lipinski definition) is 7. The Morgan fingerprint density at radius 2 is 1.73 bits per heavy atom. The van der Waals surface area contributed by atoms with E-state index in [-0.39, 0.29) is 17.8 Å². The van der Waals surface area contributed by atoms with E-state index < -0.39 is 11.2 Å². The Hall–Kier alpha value is -3.28. The van der Waals surface area contributed by atoms with Gasteiger partial charge < -0.3 is 21.3 Å². The molecule has 3 heterocycles. The predicted molar refractivity (Wildman–Crippen MR) is 140 cm³/mol. The fourth-order valence-electron chi connectivity index (χ4n) is 5.41. The van der Waals surface area contributed by atoms with Gasteiger partial charge in [-0.3, -0.25) is 19.6 Å². The number of benzene rings is 1. The molecular weight excluding hydrogens is 472 g/mol. The minimum absolute atomic E-state index is 0.140. The lowest BCUT2D eigenvalue weighted by atomic mass is 10.1. The number of fused-ring (bicyclic) bond motifs is 1. The minimum Gasteiger partial charge on any atom is -0.338 e. The lowest BCUT2D eigenvalue weighted by Crippen LogP contribution is -2.58. The third-order valence-electron chi connectivity index (χ3n) is 7.78. The van der Waals surface area contributed by atoms with Crippen molar-refractivity contribution in [3.63, 3.8) is 0 Å². The molecule has 2 aliphatic heterocycles. The van der Waals surface area contributed by atoms with E-state index in [0.717, 1.165) is 30.9 Å². The molecule has 1 aromatic carbocycles. The van der Waals surface area contributed by atoms with Gasteiger partial charge in [-0.15, -0.1) is 0 Å². The van der Waals surface area contributed by atoms with Gasteiger partial charge >= 0.3 is 11.7 Å². The number of carbonyl (C=O) groups is 2. The van der Waals surface area contributed by atoms with E-state index in [1.165, 1.54) is 10.1 Å². The van der Waals surface area contributed by atoms with E-state index in [4.69, 9.17) is 11.5 Å². The van der Waals surface area contributed by atoms with Crippen LogP contribution in [-0.2, 0) is 11.3 Å². The fraction of sp³-hybridized carbons (Fsp3) is 0.538. The molecule has 5 N–H and O–H groups in total. The summed E-state index contributed by atoms with van der Waals surface area (Å²) < 4.78 is 1.47. The zero-order valence-electron chi connectivity index (χ0n) is 21.7. The second kappa shape index (κ2) is 9.55. The van der Waals surface area contributed by atoms with Crippen molar-refractivity contribution in [1.82, 2.24) is 24.3 Å². The highest BCUT2D eigenvalue weighted by Crippen LogP contribution is 2.44. The summed E-state index contributed by atoms with van der Waals surface area (Å²) in [7, 11) is 0. The van der Waals surface area contributed by atoms with Crippen molar-refractivity contribution in [1.29, 1.82) is 0 Å². The van der Waals surface area contributed by atoms with Gasteiger partial charge in [-0.05, 0) is 61.9 Å². The Labute approximate surface area is 216 Å². The molecule has 1 unspecified atom stereocenters. The number of hydrogen-bond donors (Lipinski definition) is 3. The first-order valence-corrected chi connectivity index (χ1v) is 12.8. The largest absolute Gasteiger partial charge is 0.354 e. The monoisotopic (exact) mass is 508 g/mol. The van der Waals surface area contributed by atoms with Crippen molar-refractivity contribution >= 4 is 17.8 Å². The molecule has 2 saturated heterocycles. The average Bonchev–Trinajstić information content (AvgIpc) is 3.24. The molecule has 5 rings (SSSR count). The second-order valence-electron chi connectivity index (χ2n) is 11.1. The Morgan fingerprint density at radius 1 is 1.08 bits per heavy atom. The van der Waals surface area contributed by atoms with Gasteiger partial charge in [0.1, 0.15) is 5.82 Å². The summed E-state index contributed by atoms with van der Waals surface area (Å²) in [5.41, 5.74) is 13.6. The van der Waals surface area contributed by atoms with E-state index in [1.807, 2.05) is 12.1 Å². The van der Waals surface area contributed by atoms with Gasteiger partial charge in [-0.1, -0.05) is 6.07 Å². The van der Waals surface area contributed by atoms with E-state index in [1.54, 1.807) is 35.9 Å². The van der Waals surface area contributed by atoms with Gasteiger partial charge in [0.05, 0.1) is 11.2 Å². The van der Waals surface area contributed by atoms with Gasteiger partial charge in [-0.2, -0.15) is 4.98 Å². The van der Waals surface area contributed by atoms with Crippen LogP contribution < -0.4 is 22.5 Å². The zero-order valence-corrected chi connectivity index (χ0v) is 21.7. The number of urea groups is 1. The van der Waals surface area contributed by atoms with Gasteiger partial charge in [0.25, 0.3) is 0 Å². The van der Waals surface area contributed by atoms with Crippen LogP contribution in [0.3, 0.4) is 0 Å². The summed E-state index contributed by atoms with van der Waals surface area (Å²) in [4.78, 5) is 47.6. The van der Waals surface area contributed by atoms with Crippen LogP contribution in [0.1, 0.15) is 25.0 Å². The third-order valence-corrected chi connectivity index (χ3v) is 7.78. The molecule has 11 nitrogen and oxygen atoms in total. The number of anilines is 1. The van der Waals surface area contributed by atoms with Crippen LogP contribution in [0.25, 0.3) is 5.69 Å². The minimum atomic E-state index is -0.944. The third kappa shape index (κ3) is 5.25. The lowest BCUT2D eigenvalue weighted by Gasteiger charge is -2.37. The molecule has 37 heavy (non-hydrogen) atoms. The maximum atomic E-state index is 12.8. The van der Waals surface area contributed by atoms with Crippen molar-refractivity contribution in [2.24, 2.45) is 23.3 Å². The van der Waals surface area contributed by atoms with E-state index in [9.17, 15) is 14.4 Å². The number of rotatable bonds is 5. The first-order valence-electron chi connectivity index (χ1n) is 12.8. The van der Waals surface area contributed by atoms with Crippen molar-refractivity contribution in [3.8, 4) is 5.69 Å². The number of nitrogens with one attached hydrogen (secondary N) is 1. The number of aromatic nitrogens is 2. The quantitative estimate of drug-likeness (QED) is 0.529. The van der Waals surface area contributed by atoms with Crippen LogP contribution in [-0.4, -0.2) is 87.0 Å². The van der Waals surface area contributed by atoms with Crippen LogP contribution in [0.5, 0.6) is 0 Å². The van der Waals surface area contributed by atoms with Crippen LogP contribution >= 0.6 is 0 Å². The number of amides is 3. The van der Waals surface area contributed by atoms with Crippen molar-refractivity contribution in [2.45, 2.75) is 38.9 Å². The number of aryl methyl sites for hydroxylation is 1. The Bertz CT molecular complexity index is 1250. The summed E-state index contributed by atoms with van der Waals surface area (Å²) in [6, 6.07) is 7.62. The number of nitrogens with zero attached hydrogens (tertiary/aromatic N) is 5. The normalized spacial score (nSPS) is 23.6. The number of nitrogens with two attached hydrogens (primary N) is 2. The summed E-state index contributed by atoms with van der Waals surface area (Å²) in [5.74, 6) is 1.35. The molecule has 1 saturated carbocycles. The summed E-state index contributed by atoms with van der Waals surface area (Å²) in [5, 5.41) is 2.70. The molecule has 198 valence electrons. The molecule has 3 aliphatic rings. The lowest BCUT2D eigenvalue weighted by molar-refractivity contribution is -0.137. The number of piperidine rings is 1. The molecule has 3 amide bonds. The molecule has 1 aliphatic carbocycles. The molecule has 0 spiro atoms. The van der Waals surface area contributed by atoms with Gasteiger partial charge in [-0.25, -0.2) is 9.59 Å². The summed E-state index contributed by atoms with van der Waals surface area (Å²) in [6.45, 7) is 9.96. The SMILES string of the molecule is Cc1cc(-n2ccc(NC(=O)N3CCN(C(=O)C(C)(C)N)CC3)nc2=O)ccc1CN1C[C@@H]2C(N)[C@@H]2C1. The molecule has 11 heteroatoms. The average molecular weight is 509 g/mol. The van der Waals surface area contributed by atoms with E-state index >= 15 is 0 Å². The topological polar surface area (TPSA) is 143 Å². The van der Waals surface area contributed by atoms with Crippen molar-refractivity contribution < 1.29 is 9.59 Å². The first-order chi connectivity index (χ1) is 17.5. The number of likely N-dealkylation sites (tertiary alicyclic amines) is 1. The number of piperazine rings is 1. The predicted octanol–water partition coefficient (Wildman–Crippen LogP) is 0.343. The molecule has 3 atom stereocenters. The fourth-order valence-corrected chi connectivity index (χ4v) is 5.41. The van der Waals surface area contributed by atoms with Gasteiger partial charge in [0, 0.05) is 58.1 Å². The van der Waals surface area contributed by atoms with E-state index in [2.05, 4.69) is 28.2 Å². The summed E-state index contributed by atoms with van der Waals surface area (Å²) in [6.07, 6.45) is 1.62. The first kappa shape index (κ1) is 25.4. The van der Waals surface area contributed by atoms with Crippen LogP contribution in [0.2, 0.25) is 0 Å². The number of carbonyl (C=O) groups excluding carboxylic acids is 2. The molecular formula is C26H36N8O3.